The summed E-state index contributed by atoms with van der Waals surface area (Å²) in [5.74, 6) is -0.394. The Hall–Kier alpha value is -1.05. The number of hydrogen-bond acceptors (Lipinski definition) is 2. The lowest BCUT2D eigenvalue weighted by molar-refractivity contribution is -0.136. The number of carbonyl (C=O) groups is 1. The molecule has 0 saturated carbocycles. The fraction of sp³-hybridized carbons (Fsp3) is 0.375. The van der Waals surface area contributed by atoms with Crippen LogP contribution in [0.2, 0.25) is 0 Å². The standard InChI is InChI=1S/C8H11O2/c1-4-7(3)6-10-8(9)5-2/h5H,2,6H2,1,3H3. The molecule has 10 heavy (non-hydrogen) atoms. The molecule has 2 heteroatoms. The Labute approximate surface area is 61.2 Å². The van der Waals surface area contributed by atoms with Crippen LogP contribution in [-0.2, 0) is 9.53 Å². The Morgan fingerprint density at radius 3 is 2.80 bits per heavy atom. The van der Waals surface area contributed by atoms with E-state index in [2.05, 4.69) is 17.4 Å². The van der Waals surface area contributed by atoms with Crippen molar-refractivity contribution in [1.82, 2.24) is 0 Å². The van der Waals surface area contributed by atoms with Crippen LogP contribution in [0.4, 0.5) is 0 Å². The Morgan fingerprint density at radius 1 is 1.80 bits per heavy atom. The Bertz CT molecular complexity index is 155. The van der Waals surface area contributed by atoms with E-state index in [0.717, 1.165) is 11.6 Å². The lowest BCUT2D eigenvalue weighted by Crippen LogP contribution is -2.02. The highest BCUT2D eigenvalue weighted by molar-refractivity contribution is 5.81. The van der Waals surface area contributed by atoms with E-state index < -0.39 is 5.97 Å². The van der Waals surface area contributed by atoms with Crippen molar-refractivity contribution in [3.8, 4) is 0 Å². The van der Waals surface area contributed by atoms with Crippen LogP contribution in [0.25, 0.3) is 0 Å². The maximum Gasteiger partial charge on any atom is 0.330 e. The van der Waals surface area contributed by atoms with Gasteiger partial charge in [-0.05, 0) is 25.5 Å². The van der Waals surface area contributed by atoms with Gasteiger partial charge >= 0.3 is 5.97 Å². The first-order valence-electron chi connectivity index (χ1n) is 3.00. The van der Waals surface area contributed by atoms with Gasteiger partial charge in [0.25, 0.3) is 0 Å². The number of hydrogen-bond donors (Lipinski definition) is 0. The molecule has 0 aromatic rings. The second kappa shape index (κ2) is 4.79. The summed E-state index contributed by atoms with van der Waals surface area (Å²) in [5.41, 5.74) is 0.912. The minimum Gasteiger partial charge on any atom is -0.458 e. The van der Waals surface area contributed by atoms with Gasteiger partial charge in [-0.3, -0.25) is 0 Å². The predicted octanol–water partition coefficient (Wildman–Crippen LogP) is 1.48. The Kier molecular flexibility index (Phi) is 4.29. The summed E-state index contributed by atoms with van der Waals surface area (Å²) in [5, 5.41) is 0. The lowest BCUT2D eigenvalue weighted by atomic mass is 10.3. The molecule has 0 bridgehead atoms. The molecule has 2 nitrogen and oxygen atoms in total. The van der Waals surface area contributed by atoms with E-state index in [9.17, 15) is 4.79 Å². The summed E-state index contributed by atoms with van der Waals surface area (Å²) in [6.07, 6.45) is 3.99. The Morgan fingerprint density at radius 2 is 2.40 bits per heavy atom. The van der Waals surface area contributed by atoms with Crippen molar-refractivity contribution >= 4 is 5.97 Å². The zero-order valence-corrected chi connectivity index (χ0v) is 6.31. The van der Waals surface area contributed by atoms with Crippen molar-refractivity contribution in [2.24, 2.45) is 0 Å². The van der Waals surface area contributed by atoms with Gasteiger partial charge < -0.3 is 4.74 Å². The van der Waals surface area contributed by atoms with E-state index in [0.29, 0.717) is 6.61 Å². The third-order valence-corrected chi connectivity index (χ3v) is 1.02. The van der Waals surface area contributed by atoms with Gasteiger partial charge in [-0.25, -0.2) is 4.79 Å². The van der Waals surface area contributed by atoms with E-state index in [1.165, 1.54) is 0 Å². The monoisotopic (exact) mass is 139 g/mol. The summed E-state index contributed by atoms with van der Waals surface area (Å²) in [6, 6.07) is 0. The summed E-state index contributed by atoms with van der Waals surface area (Å²) in [4.78, 5) is 10.5. The van der Waals surface area contributed by atoms with E-state index in [1.807, 2.05) is 6.92 Å². The van der Waals surface area contributed by atoms with Crippen LogP contribution in [0.5, 0.6) is 0 Å². The van der Waals surface area contributed by atoms with Crippen LogP contribution in [0.3, 0.4) is 0 Å². The van der Waals surface area contributed by atoms with Crippen LogP contribution in [0.15, 0.2) is 18.2 Å². The average Bonchev–Trinajstić information content (AvgIpc) is 1.99. The van der Waals surface area contributed by atoms with Crippen LogP contribution in [0, 0.1) is 6.08 Å². The van der Waals surface area contributed by atoms with Crippen molar-refractivity contribution in [3.63, 3.8) is 0 Å². The third kappa shape index (κ3) is 3.89. The summed E-state index contributed by atoms with van der Waals surface area (Å²) in [6.45, 7) is 7.19. The van der Waals surface area contributed by atoms with Gasteiger partial charge in [0.2, 0.25) is 0 Å². The molecular formula is C8H11O2. The minimum absolute atomic E-state index is 0.307. The molecule has 0 rings (SSSR count). The molecule has 0 fully saturated rings. The van der Waals surface area contributed by atoms with Gasteiger partial charge in [-0.1, -0.05) is 6.58 Å². The molecule has 0 saturated heterocycles. The first-order valence-corrected chi connectivity index (χ1v) is 3.00. The highest BCUT2D eigenvalue weighted by Gasteiger charge is 1.93. The van der Waals surface area contributed by atoms with Crippen molar-refractivity contribution in [2.75, 3.05) is 6.61 Å². The number of rotatable bonds is 3. The molecule has 0 atom stereocenters. The number of ether oxygens (including phenoxy) is 1. The summed E-state index contributed by atoms with van der Waals surface area (Å²) in [7, 11) is 0. The van der Waals surface area contributed by atoms with E-state index in [1.54, 1.807) is 6.92 Å². The summed E-state index contributed by atoms with van der Waals surface area (Å²) < 4.78 is 4.69. The van der Waals surface area contributed by atoms with Crippen LogP contribution < -0.4 is 0 Å². The first kappa shape index (κ1) is 8.95. The second-order valence-electron chi connectivity index (χ2n) is 1.84. The highest BCUT2D eigenvalue weighted by Crippen LogP contribution is 1.91. The molecule has 1 radical (unpaired) electrons. The van der Waals surface area contributed by atoms with Gasteiger partial charge in [-0.15, -0.1) is 0 Å². The maximum atomic E-state index is 10.5. The number of allylic oxidation sites excluding steroid dienone is 1. The largest absolute Gasteiger partial charge is 0.458 e. The molecule has 0 N–H and O–H groups in total. The SMILES string of the molecule is C=CC(=O)OC/C(C)=[C]/C. The highest BCUT2D eigenvalue weighted by atomic mass is 16.5. The Balaban J connectivity index is 3.55. The lowest BCUT2D eigenvalue weighted by Gasteiger charge is -1.99. The van der Waals surface area contributed by atoms with E-state index in [-0.39, 0.29) is 0 Å². The van der Waals surface area contributed by atoms with Gasteiger partial charge in [0.15, 0.2) is 0 Å². The molecule has 0 aliphatic heterocycles. The van der Waals surface area contributed by atoms with Crippen molar-refractivity contribution in [2.45, 2.75) is 13.8 Å². The smallest absolute Gasteiger partial charge is 0.330 e. The predicted molar refractivity (Wildman–Crippen MR) is 39.3 cm³/mol. The van der Waals surface area contributed by atoms with Crippen LogP contribution in [0.1, 0.15) is 13.8 Å². The molecule has 0 aromatic carbocycles. The molecule has 0 aliphatic rings. The normalized spacial score (nSPS) is 10.8. The summed E-state index contributed by atoms with van der Waals surface area (Å²) >= 11 is 0. The van der Waals surface area contributed by atoms with Crippen LogP contribution in [-0.4, -0.2) is 12.6 Å². The number of carbonyl (C=O) groups excluding carboxylic acids is 1. The molecule has 0 aromatic heterocycles. The number of esters is 1. The van der Waals surface area contributed by atoms with Crippen molar-refractivity contribution in [3.05, 3.63) is 24.3 Å². The fourth-order valence-electron chi connectivity index (χ4n) is 0.310. The molecule has 0 unspecified atom stereocenters. The first-order chi connectivity index (χ1) is 4.70. The van der Waals surface area contributed by atoms with Gasteiger partial charge in [0.05, 0.1) is 0 Å². The van der Waals surface area contributed by atoms with Gasteiger partial charge in [-0.2, -0.15) is 0 Å². The third-order valence-electron chi connectivity index (χ3n) is 1.02. The zero-order valence-electron chi connectivity index (χ0n) is 6.31. The van der Waals surface area contributed by atoms with Gasteiger partial charge in [0, 0.05) is 6.08 Å². The molecule has 0 aliphatic carbocycles. The van der Waals surface area contributed by atoms with E-state index in [4.69, 9.17) is 0 Å². The van der Waals surface area contributed by atoms with E-state index >= 15 is 0 Å². The topological polar surface area (TPSA) is 26.3 Å². The van der Waals surface area contributed by atoms with Crippen molar-refractivity contribution < 1.29 is 9.53 Å². The molecule has 0 heterocycles. The fourth-order valence-corrected chi connectivity index (χ4v) is 0.310. The molecular weight excluding hydrogens is 128 g/mol. The molecule has 55 valence electrons. The quantitative estimate of drug-likeness (QED) is 0.437. The second-order valence-corrected chi connectivity index (χ2v) is 1.84. The molecule has 0 amide bonds. The van der Waals surface area contributed by atoms with Crippen LogP contribution >= 0.6 is 0 Å². The maximum absolute atomic E-state index is 10.5. The van der Waals surface area contributed by atoms with Gasteiger partial charge in [0.1, 0.15) is 6.61 Å². The molecule has 0 spiro atoms. The van der Waals surface area contributed by atoms with Crippen molar-refractivity contribution in [1.29, 1.82) is 0 Å². The minimum atomic E-state index is -0.394. The average molecular weight is 139 g/mol. The zero-order chi connectivity index (χ0) is 7.98.